The van der Waals surface area contributed by atoms with Crippen molar-refractivity contribution in [2.45, 2.75) is 32.1 Å². The van der Waals surface area contributed by atoms with Gasteiger partial charge in [0, 0.05) is 27.2 Å². The molecule has 0 radical (unpaired) electrons. The number of aliphatic imine (C=N–C) groups is 1. The summed E-state index contributed by atoms with van der Waals surface area (Å²) in [5, 5.41) is 3.05. The van der Waals surface area contributed by atoms with Crippen molar-refractivity contribution in [1.29, 1.82) is 0 Å². The maximum atomic E-state index is 12.9. The van der Waals surface area contributed by atoms with Crippen LogP contribution < -0.4 is 5.32 Å². The maximum absolute atomic E-state index is 12.9. The van der Waals surface area contributed by atoms with Crippen LogP contribution in [0.2, 0.25) is 0 Å². The first-order valence-electron chi connectivity index (χ1n) is 7.45. The Bertz CT molecular complexity index is 640. The van der Waals surface area contributed by atoms with Gasteiger partial charge in [-0.25, -0.2) is 12.8 Å². The van der Waals surface area contributed by atoms with Crippen LogP contribution >= 0.6 is 24.0 Å². The summed E-state index contributed by atoms with van der Waals surface area (Å²) >= 11 is 0. The molecule has 1 N–H and O–H groups in total. The Kier molecular flexibility index (Phi) is 9.19. The van der Waals surface area contributed by atoms with E-state index in [-0.39, 0.29) is 35.5 Å². The van der Waals surface area contributed by atoms with E-state index in [9.17, 15) is 12.8 Å². The topological polar surface area (TPSA) is 61.8 Å². The minimum atomic E-state index is -3.17. The van der Waals surface area contributed by atoms with Crippen LogP contribution in [0.4, 0.5) is 4.39 Å². The van der Waals surface area contributed by atoms with Gasteiger partial charge in [-0.1, -0.05) is 12.1 Å². The van der Waals surface area contributed by atoms with Crippen LogP contribution in [0.1, 0.15) is 26.3 Å². The molecule has 1 rings (SSSR count). The summed E-state index contributed by atoms with van der Waals surface area (Å²) in [4.78, 5) is 6.00. The Morgan fingerprint density at radius 1 is 1.25 bits per heavy atom. The number of guanidine groups is 1. The average Bonchev–Trinajstić information content (AvgIpc) is 2.44. The SMILES string of the molecule is CN=C(NCCS(=O)(=O)C(C)(C)C)N(C)Cc1ccc(F)cc1.I. The molecule has 0 aliphatic carbocycles. The fraction of sp³-hybridized carbons (Fsp3) is 0.562. The van der Waals surface area contributed by atoms with Crippen LogP contribution in [0.25, 0.3) is 0 Å². The first kappa shape index (κ1) is 23.1. The summed E-state index contributed by atoms with van der Waals surface area (Å²) < 4.78 is 36.3. The van der Waals surface area contributed by atoms with Gasteiger partial charge in [0.1, 0.15) is 5.82 Å². The summed E-state index contributed by atoms with van der Waals surface area (Å²) in [5.74, 6) is 0.365. The number of hydrogen-bond acceptors (Lipinski definition) is 3. The lowest BCUT2D eigenvalue weighted by Gasteiger charge is -2.23. The minimum absolute atomic E-state index is 0. The van der Waals surface area contributed by atoms with Crippen molar-refractivity contribution in [1.82, 2.24) is 10.2 Å². The van der Waals surface area contributed by atoms with Crippen LogP contribution in [-0.2, 0) is 16.4 Å². The number of halogens is 2. The van der Waals surface area contributed by atoms with Crippen LogP contribution in [0.15, 0.2) is 29.3 Å². The van der Waals surface area contributed by atoms with E-state index >= 15 is 0 Å². The van der Waals surface area contributed by atoms with Gasteiger partial charge in [0.15, 0.2) is 15.8 Å². The number of nitrogens with one attached hydrogen (secondary N) is 1. The van der Waals surface area contributed by atoms with Gasteiger partial charge >= 0.3 is 0 Å². The molecule has 0 spiro atoms. The molecule has 0 aromatic heterocycles. The third kappa shape index (κ3) is 6.92. The van der Waals surface area contributed by atoms with Gasteiger partial charge in [-0.3, -0.25) is 4.99 Å². The van der Waals surface area contributed by atoms with Crippen molar-refractivity contribution in [2.75, 3.05) is 26.4 Å². The van der Waals surface area contributed by atoms with E-state index in [0.29, 0.717) is 19.0 Å². The predicted molar refractivity (Wildman–Crippen MR) is 108 cm³/mol. The highest BCUT2D eigenvalue weighted by atomic mass is 127. The highest BCUT2D eigenvalue weighted by Gasteiger charge is 2.28. The highest BCUT2D eigenvalue weighted by Crippen LogP contribution is 2.15. The molecule has 0 aliphatic heterocycles. The molecule has 8 heteroatoms. The van der Waals surface area contributed by atoms with E-state index in [2.05, 4.69) is 10.3 Å². The molecule has 0 unspecified atom stereocenters. The molecule has 0 saturated heterocycles. The third-order valence-corrected chi connectivity index (χ3v) is 6.10. The maximum Gasteiger partial charge on any atom is 0.193 e. The lowest BCUT2D eigenvalue weighted by molar-refractivity contribution is 0.477. The van der Waals surface area contributed by atoms with Crippen LogP contribution in [-0.4, -0.2) is 50.4 Å². The van der Waals surface area contributed by atoms with E-state index in [1.165, 1.54) is 12.1 Å². The molecule has 0 bridgehead atoms. The van der Waals surface area contributed by atoms with E-state index in [1.54, 1.807) is 40.0 Å². The van der Waals surface area contributed by atoms with Crippen LogP contribution in [0.3, 0.4) is 0 Å². The van der Waals surface area contributed by atoms with E-state index in [4.69, 9.17) is 0 Å². The van der Waals surface area contributed by atoms with Gasteiger partial charge in [-0.15, -0.1) is 24.0 Å². The monoisotopic (exact) mass is 471 g/mol. The van der Waals surface area contributed by atoms with Crippen molar-refractivity contribution in [3.05, 3.63) is 35.6 Å². The summed E-state index contributed by atoms with van der Waals surface area (Å²) in [6.45, 7) is 5.92. The molecule has 1 aromatic rings. The third-order valence-electron chi connectivity index (χ3n) is 3.49. The molecule has 0 saturated carbocycles. The van der Waals surface area contributed by atoms with Gasteiger partial charge < -0.3 is 10.2 Å². The Balaban J connectivity index is 0.00000529. The average molecular weight is 471 g/mol. The Labute approximate surface area is 161 Å². The molecule has 5 nitrogen and oxygen atoms in total. The van der Waals surface area contributed by atoms with Gasteiger partial charge in [0.05, 0.1) is 10.5 Å². The zero-order chi connectivity index (χ0) is 17.7. The van der Waals surface area contributed by atoms with Gasteiger partial charge in [-0.05, 0) is 38.5 Å². The molecule has 0 heterocycles. The predicted octanol–water partition coefficient (Wildman–Crippen LogP) is 2.66. The second-order valence-electron chi connectivity index (χ2n) is 6.39. The zero-order valence-electron chi connectivity index (χ0n) is 14.8. The largest absolute Gasteiger partial charge is 0.355 e. The first-order valence-corrected chi connectivity index (χ1v) is 9.10. The molecule has 0 aliphatic rings. The quantitative estimate of drug-likeness (QED) is 0.408. The fourth-order valence-corrected chi connectivity index (χ4v) is 2.91. The van der Waals surface area contributed by atoms with Crippen molar-refractivity contribution >= 4 is 39.8 Å². The summed E-state index contributed by atoms with van der Waals surface area (Å²) in [6, 6.07) is 6.25. The van der Waals surface area contributed by atoms with Crippen molar-refractivity contribution in [3.8, 4) is 0 Å². The van der Waals surface area contributed by atoms with Gasteiger partial charge in [-0.2, -0.15) is 0 Å². The van der Waals surface area contributed by atoms with Crippen LogP contribution in [0.5, 0.6) is 0 Å². The molecule has 24 heavy (non-hydrogen) atoms. The summed E-state index contributed by atoms with van der Waals surface area (Å²) in [6.07, 6.45) is 0. The lowest BCUT2D eigenvalue weighted by Crippen LogP contribution is -2.42. The molecule has 0 fully saturated rings. The second kappa shape index (κ2) is 9.55. The van der Waals surface area contributed by atoms with Gasteiger partial charge in [0.25, 0.3) is 0 Å². The van der Waals surface area contributed by atoms with Gasteiger partial charge in [0.2, 0.25) is 0 Å². The summed E-state index contributed by atoms with van der Waals surface area (Å²) in [5.41, 5.74) is 0.944. The molecular weight excluding hydrogens is 444 g/mol. The summed E-state index contributed by atoms with van der Waals surface area (Å²) in [7, 11) is 0.316. The fourth-order valence-electron chi connectivity index (χ4n) is 1.93. The normalized spacial score (nSPS) is 12.5. The van der Waals surface area contributed by atoms with Crippen molar-refractivity contribution in [2.24, 2.45) is 4.99 Å². The van der Waals surface area contributed by atoms with E-state index in [0.717, 1.165) is 5.56 Å². The van der Waals surface area contributed by atoms with Crippen molar-refractivity contribution < 1.29 is 12.8 Å². The number of hydrogen-bond donors (Lipinski definition) is 1. The zero-order valence-corrected chi connectivity index (χ0v) is 18.0. The van der Waals surface area contributed by atoms with Crippen molar-refractivity contribution in [3.63, 3.8) is 0 Å². The molecule has 0 amide bonds. The minimum Gasteiger partial charge on any atom is -0.355 e. The highest BCUT2D eigenvalue weighted by molar-refractivity contribution is 14.0. The molecular formula is C16H27FIN3O2S. The van der Waals surface area contributed by atoms with E-state index < -0.39 is 14.6 Å². The first-order chi connectivity index (χ1) is 10.6. The molecule has 1 aromatic carbocycles. The van der Waals surface area contributed by atoms with Crippen LogP contribution in [0, 0.1) is 5.82 Å². The molecule has 0 atom stereocenters. The number of rotatable bonds is 5. The Hall–Kier alpha value is -0.900. The number of benzene rings is 1. The molecule has 138 valence electrons. The Morgan fingerprint density at radius 3 is 2.25 bits per heavy atom. The number of nitrogens with zero attached hydrogens (tertiary/aromatic N) is 2. The standard InChI is InChI=1S/C16H26FN3O2S.HI/c1-16(2,3)23(21,22)11-10-19-15(18-4)20(5)12-13-6-8-14(17)9-7-13;/h6-9H,10-12H2,1-5H3,(H,18,19);1H. The Morgan fingerprint density at radius 2 is 1.79 bits per heavy atom. The van der Waals surface area contributed by atoms with E-state index in [1.807, 2.05) is 11.9 Å². The smallest absolute Gasteiger partial charge is 0.193 e. The lowest BCUT2D eigenvalue weighted by atomic mass is 10.2. The second-order valence-corrected chi connectivity index (χ2v) is 9.25. The number of sulfone groups is 1.